The van der Waals surface area contributed by atoms with E-state index in [0.717, 1.165) is 12.5 Å². The van der Waals surface area contributed by atoms with Crippen molar-refractivity contribution in [3.05, 3.63) is 12.3 Å². The van der Waals surface area contributed by atoms with Crippen LogP contribution in [0.25, 0.3) is 0 Å². The molecule has 0 amide bonds. The van der Waals surface area contributed by atoms with Crippen molar-refractivity contribution in [1.82, 2.24) is 4.90 Å². The van der Waals surface area contributed by atoms with Crippen LogP contribution in [0, 0.1) is 11.3 Å². The summed E-state index contributed by atoms with van der Waals surface area (Å²) >= 11 is 0. The van der Waals surface area contributed by atoms with Gasteiger partial charge >= 0.3 is 0 Å². The normalized spacial score (nSPS) is 15.2. The zero-order chi connectivity index (χ0) is 9.78. The maximum atomic E-state index is 2.31. The quantitative estimate of drug-likeness (QED) is 0.627. The zero-order valence-corrected chi connectivity index (χ0v) is 9.39. The van der Waals surface area contributed by atoms with Crippen molar-refractivity contribution in [2.75, 3.05) is 13.6 Å². The Morgan fingerprint density at radius 1 is 1.33 bits per heavy atom. The number of nitrogens with zero attached hydrogens (tertiary/aromatic N) is 1. The molecule has 0 N–H and O–H groups in total. The van der Waals surface area contributed by atoms with Crippen molar-refractivity contribution < 1.29 is 0 Å². The molecule has 0 aromatic carbocycles. The lowest BCUT2D eigenvalue weighted by Gasteiger charge is -2.30. The molecule has 0 aromatic heterocycles. The van der Waals surface area contributed by atoms with Crippen molar-refractivity contribution >= 4 is 0 Å². The number of allylic oxidation sites excluding steroid dienone is 1. The number of hydrogen-bond acceptors (Lipinski definition) is 1. The standard InChI is InChI=1S/C11H23N/c1-7-8-12(6)9-10(2)11(3,4)5/h7-8,10H,9H2,1-6H3/b8-7-. The molecule has 0 aliphatic heterocycles. The summed E-state index contributed by atoms with van der Waals surface area (Å²) in [4.78, 5) is 2.25. The topological polar surface area (TPSA) is 3.24 Å². The highest BCUT2D eigenvalue weighted by Crippen LogP contribution is 2.25. The van der Waals surface area contributed by atoms with E-state index in [9.17, 15) is 0 Å². The molecule has 1 unspecified atom stereocenters. The van der Waals surface area contributed by atoms with Crippen LogP contribution < -0.4 is 0 Å². The van der Waals surface area contributed by atoms with Gasteiger partial charge in [-0.05, 0) is 24.5 Å². The largest absolute Gasteiger partial charge is 0.380 e. The Hall–Kier alpha value is -0.460. The Morgan fingerprint density at radius 2 is 1.83 bits per heavy atom. The van der Waals surface area contributed by atoms with Crippen LogP contribution in [0.2, 0.25) is 0 Å². The lowest BCUT2D eigenvalue weighted by atomic mass is 9.82. The van der Waals surface area contributed by atoms with Crippen molar-refractivity contribution in [2.24, 2.45) is 11.3 Å². The minimum Gasteiger partial charge on any atom is -0.380 e. The van der Waals surface area contributed by atoms with Gasteiger partial charge in [0.05, 0.1) is 0 Å². The van der Waals surface area contributed by atoms with E-state index in [-0.39, 0.29) is 0 Å². The molecule has 0 aliphatic rings. The molecule has 0 spiro atoms. The van der Waals surface area contributed by atoms with E-state index >= 15 is 0 Å². The molecule has 1 heteroatoms. The van der Waals surface area contributed by atoms with Gasteiger partial charge in [0, 0.05) is 13.6 Å². The predicted octanol–water partition coefficient (Wildman–Crippen LogP) is 3.13. The summed E-state index contributed by atoms with van der Waals surface area (Å²) in [5, 5.41) is 0. The molecule has 0 aliphatic carbocycles. The fraction of sp³-hybridized carbons (Fsp3) is 0.818. The first-order valence-electron chi connectivity index (χ1n) is 4.71. The molecule has 0 radical (unpaired) electrons. The minimum absolute atomic E-state index is 0.413. The molecule has 0 bridgehead atoms. The van der Waals surface area contributed by atoms with Gasteiger partial charge < -0.3 is 4.90 Å². The number of hydrogen-bond donors (Lipinski definition) is 0. The van der Waals surface area contributed by atoms with E-state index in [1.807, 2.05) is 0 Å². The summed E-state index contributed by atoms with van der Waals surface area (Å²) in [5.74, 6) is 0.721. The summed E-state index contributed by atoms with van der Waals surface area (Å²) in [7, 11) is 2.13. The second-order valence-electron chi connectivity index (χ2n) is 4.69. The molecule has 0 heterocycles. The second-order valence-corrected chi connectivity index (χ2v) is 4.69. The summed E-state index contributed by atoms with van der Waals surface area (Å²) < 4.78 is 0. The van der Waals surface area contributed by atoms with Crippen molar-refractivity contribution in [1.29, 1.82) is 0 Å². The first-order chi connectivity index (χ1) is 5.38. The van der Waals surface area contributed by atoms with Gasteiger partial charge in [0.2, 0.25) is 0 Å². The molecule has 0 fully saturated rings. The Bertz CT molecular complexity index is 142. The average Bonchev–Trinajstić information content (AvgIpc) is 1.85. The van der Waals surface area contributed by atoms with Crippen LogP contribution in [0.3, 0.4) is 0 Å². The average molecular weight is 169 g/mol. The van der Waals surface area contributed by atoms with Crippen LogP contribution >= 0.6 is 0 Å². The van der Waals surface area contributed by atoms with Gasteiger partial charge in [0.1, 0.15) is 0 Å². The van der Waals surface area contributed by atoms with Crippen molar-refractivity contribution in [3.8, 4) is 0 Å². The van der Waals surface area contributed by atoms with Gasteiger partial charge in [-0.1, -0.05) is 33.8 Å². The molecule has 0 saturated heterocycles. The Kier molecular flexibility index (Phi) is 4.36. The molecular formula is C11H23N. The highest BCUT2D eigenvalue weighted by molar-refractivity contribution is 4.80. The first-order valence-corrected chi connectivity index (χ1v) is 4.71. The smallest absolute Gasteiger partial charge is 0.0199 e. The summed E-state index contributed by atoms with van der Waals surface area (Å²) in [6.45, 7) is 12.4. The molecule has 0 saturated carbocycles. The summed E-state index contributed by atoms with van der Waals surface area (Å²) in [5.41, 5.74) is 0.413. The summed E-state index contributed by atoms with van der Waals surface area (Å²) in [6.07, 6.45) is 4.21. The fourth-order valence-corrected chi connectivity index (χ4v) is 1.02. The monoisotopic (exact) mass is 169 g/mol. The van der Waals surface area contributed by atoms with E-state index in [1.165, 1.54) is 0 Å². The summed E-state index contributed by atoms with van der Waals surface area (Å²) in [6, 6.07) is 0. The third-order valence-electron chi connectivity index (χ3n) is 2.44. The van der Waals surface area contributed by atoms with Crippen LogP contribution in [-0.4, -0.2) is 18.5 Å². The van der Waals surface area contributed by atoms with Gasteiger partial charge in [0.25, 0.3) is 0 Å². The fourth-order valence-electron chi connectivity index (χ4n) is 1.02. The van der Waals surface area contributed by atoms with Crippen LogP contribution in [0.5, 0.6) is 0 Å². The molecule has 0 aromatic rings. The lowest BCUT2D eigenvalue weighted by molar-refractivity contribution is 0.212. The first kappa shape index (κ1) is 11.5. The molecule has 0 rings (SSSR count). The van der Waals surface area contributed by atoms with E-state index in [1.54, 1.807) is 0 Å². The highest BCUT2D eigenvalue weighted by Gasteiger charge is 2.20. The third-order valence-corrected chi connectivity index (χ3v) is 2.44. The van der Waals surface area contributed by atoms with Crippen LogP contribution in [0.1, 0.15) is 34.6 Å². The minimum atomic E-state index is 0.413. The van der Waals surface area contributed by atoms with Gasteiger partial charge in [0.15, 0.2) is 0 Å². The molecule has 1 nitrogen and oxygen atoms in total. The molecule has 12 heavy (non-hydrogen) atoms. The maximum Gasteiger partial charge on any atom is 0.0199 e. The Morgan fingerprint density at radius 3 is 2.17 bits per heavy atom. The zero-order valence-electron chi connectivity index (χ0n) is 9.39. The lowest BCUT2D eigenvalue weighted by Crippen LogP contribution is -2.28. The predicted molar refractivity (Wildman–Crippen MR) is 56.1 cm³/mol. The van der Waals surface area contributed by atoms with E-state index in [2.05, 4.69) is 58.8 Å². The van der Waals surface area contributed by atoms with E-state index in [4.69, 9.17) is 0 Å². The van der Waals surface area contributed by atoms with Crippen LogP contribution in [-0.2, 0) is 0 Å². The number of rotatable bonds is 3. The molecular weight excluding hydrogens is 146 g/mol. The Labute approximate surface area is 77.5 Å². The molecule has 72 valence electrons. The van der Waals surface area contributed by atoms with Gasteiger partial charge in [-0.15, -0.1) is 0 Å². The SMILES string of the molecule is C/C=C\N(C)CC(C)C(C)(C)C. The van der Waals surface area contributed by atoms with E-state index < -0.39 is 0 Å². The van der Waals surface area contributed by atoms with Gasteiger partial charge in [-0.25, -0.2) is 0 Å². The van der Waals surface area contributed by atoms with Crippen LogP contribution in [0.15, 0.2) is 12.3 Å². The van der Waals surface area contributed by atoms with E-state index in [0.29, 0.717) is 5.41 Å². The van der Waals surface area contributed by atoms with Gasteiger partial charge in [-0.2, -0.15) is 0 Å². The maximum absolute atomic E-state index is 2.31. The van der Waals surface area contributed by atoms with Crippen LogP contribution in [0.4, 0.5) is 0 Å². The van der Waals surface area contributed by atoms with Crippen molar-refractivity contribution in [3.63, 3.8) is 0 Å². The highest BCUT2D eigenvalue weighted by atomic mass is 15.1. The Balaban J connectivity index is 3.92. The van der Waals surface area contributed by atoms with Crippen molar-refractivity contribution in [2.45, 2.75) is 34.6 Å². The second kappa shape index (κ2) is 4.54. The van der Waals surface area contributed by atoms with Gasteiger partial charge in [-0.3, -0.25) is 0 Å². The molecule has 1 atom stereocenters. The third kappa shape index (κ3) is 4.42.